The van der Waals surface area contributed by atoms with Crippen LogP contribution in [0.1, 0.15) is 15.9 Å². The molecule has 16 heavy (non-hydrogen) atoms. The average molecular weight is 350 g/mol. The predicted molar refractivity (Wildman–Crippen MR) is 65.6 cm³/mol. The van der Waals surface area contributed by atoms with E-state index in [1.54, 1.807) is 0 Å². The molecule has 0 atom stereocenters. The molecule has 0 radical (unpaired) electrons. The number of hydrogen-bond donors (Lipinski definition) is 0. The van der Waals surface area contributed by atoms with Gasteiger partial charge < -0.3 is 0 Å². The number of Topliss-reactive ketones (excluding diaryl/α,β-unsaturated/α-hetero) is 1. The first-order valence-corrected chi connectivity index (χ1v) is 5.59. The molecule has 0 aliphatic carbocycles. The summed E-state index contributed by atoms with van der Waals surface area (Å²) in [6.45, 7) is 0. The number of rotatable bonds is 3. The summed E-state index contributed by atoms with van der Waals surface area (Å²) < 4.78 is 0.485. The molecule has 0 saturated heterocycles. The second-order valence-electron chi connectivity index (χ2n) is 2.77. The number of hydrogen-bond acceptors (Lipinski definition) is 4. The highest BCUT2D eigenvalue weighted by Crippen LogP contribution is 2.25. The fraction of sp³-hybridized carbons (Fsp3) is 0.111. The second kappa shape index (κ2) is 5.23. The quantitative estimate of drug-likeness (QED) is 0.276. The molecule has 1 aromatic rings. The minimum atomic E-state index is -0.698. The molecule has 0 unspecified atom stereocenters. The maximum Gasteiger partial charge on any atom is 0.281 e. The highest BCUT2D eigenvalue weighted by Gasteiger charge is 2.21. The molecule has 0 amide bonds. The Bertz CT molecular complexity index is 510. The van der Waals surface area contributed by atoms with Crippen LogP contribution in [-0.4, -0.2) is 16.6 Å². The Morgan fingerprint density at radius 1 is 1.62 bits per heavy atom. The number of benzene rings is 1. The van der Waals surface area contributed by atoms with Crippen molar-refractivity contribution in [2.24, 2.45) is 0 Å². The Morgan fingerprint density at radius 3 is 2.69 bits per heavy atom. The van der Waals surface area contributed by atoms with E-state index in [1.165, 1.54) is 6.07 Å². The van der Waals surface area contributed by atoms with E-state index in [1.807, 2.05) is 28.7 Å². The van der Waals surface area contributed by atoms with Gasteiger partial charge >= 0.3 is 0 Å². The van der Waals surface area contributed by atoms with Crippen LogP contribution in [-0.2, 0) is 0 Å². The van der Waals surface area contributed by atoms with Gasteiger partial charge in [-0.3, -0.25) is 14.9 Å². The molecule has 0 heterocycles. The lowest BCUT2D eigenvalue weighted by Crippen LogP contribution is -2.06. The summed E-state index contributed by atoms with van der Waals surface area (Å²) in [5, 5.41) is 19.4. The fourth-order valence-electron chi connectivity index (χ4n) is 1.09. The Hall–Kier alpha value is -1.20. The molecule has 0 aromatic heterocycles. The topological polar surface area (TPSA) is 84.0 Å². The molecule has 0 N–H and O–H groups in total. The van der Waals surface area contributed by atoms with Gasteiger partial charge in [0.05, 0.1) is 21.9 Å². The molecule has 0 spiro atoms. The summed E-state index contributed by atoms with van der Waals surface area (Å²) in [5.74, 6) is -0.862. The number of nitro groups is 1. The van der Waals surface area contributed by atoms with Crippen LogP contribution in [0.5, 0.6) is 0 Å². The molecule has 1 rings (SSSR count). The van der Waals surface area contributed by atoms with Gasteiger partial charge in [0.15, 0.2) is 5.78 Å². The number of halogens is 2. The SMILES string of the molecule is N#Cc1cc([N+](=O)[O-])c(C(=O)CCl)cc1I. The first kappa shape index (κ1) is 12.9. The Balaban J connectivity index is 3.49. The maximum absolute atomic E-state index is 11.4. The van der Waals surface area contributed by atoms with Crippen LogP contribution in [0.15, 0.2) is 12.1 Å². The third-order valence-electron chi connectivity index (χ3n) is 1.82. The number of carbonyl (C=O) groups excluding carboxylic acids is 1. The third-order valence-corrected chi connectivity index (χ3v) is 2.96. The first-order valence-electron chi connectivity index (χ1n) is 3.98. The highest BCUT2D eigenvalue weighted by atomic mass is 127. The van der Waals surface area contributed by atoms with Gasteiger partial charge in [0.1, 0.15) is 6.07 Å². The van der Waals surface area contributed by atoms with Gasteiger partial charge in [0.2, 0.25) is 0 Å². The van der Waals surface area contributed by atoms with Gasteiger partial charge in [-0.15, -0.1) is 11.6 Å². The summed E-state index contributed by atoms with van der Waals surface area (Å²) in [7, 11) is 0. The summed E-state index contributed by atoms with van der Waals surface area (Å²) in [6, 6.07) is 4.21. The summed E-state index contributed by atoms with van der Waals surface area (Å²) >= 11 is 7.18. The average Bonchev–Trinajstić information content (AvgIpc) is 2.27. The first-order chi connectivity index (χ1) is 7.51. The number of ketones is 1. The van der Waals surface area contributed by atoms with E-state index in [-0.39, 0.29) is 22.7 Å². The number of nitriles is 1. The van der Waals surface area contributed by atoms with Gasteiger partial charge in [0, 0.05) is 9.64 Å². The van der Waals surface area contributed by atoms with E-state index in [0.29, 0.717) is 3.57 Å². The number of nitro benzene ring substituents is 1. The Labute approximate surface area is 109 Å². The molecule has 7 heteroatoms. The zero-order chi connectivity index (χ0) is 12.3. The van der Waals surface area contributed by atoms with E-state index >= 15 is 0 Å². The van der Waals surface area contributed by atoms with Crippen LogP contribution in [0.4, 0.5) is 5.69 Å². The van der Waals surface area contributed by atoms with Crippen molar-refractivity contribution >= 4 is 45.7 Å². The van der Waals surface area contributed by atoms with Crippen molar-refractivity contribution in [2.45, 2.75) is 0 Å². The lowest BCUT2D eigenvalue weighted by molar-refractivity contribution is -0.385. The van der Waals surface area contributed by atoms with Crippen LogP contribution in [0.3, 0.4) is 0 Å². The van der Waals surface area contributed by atoms with Gasteiger partial charge in [-0.05, 0) is 28.7 Å². The van der Waals surface area contributed by atoms with Crippen molar-refractivity contribution in [2.75, 3.05) is 5.88 Å². The van der Waals surface area contributed by atoms with Gasteiger partial charge in [-0.1, -0.05) is 0 Å². The molecule has 0 fully saturated rings. The summed E-state index contributed by atoms with van der Waals surface area (Å²) in [5.41, 5.74) is -0.288. The van der Waals surface area contributed by atoms with E-state index in [9.17, 15) is 14.9 Å². The number of alkyl halides is 1. The molecule has 0 bridgehead atoms. The number of carbonyl (C=O) groups is 1. The zero-order valence-electron chi connectivity index (χ0n) is 7.74. The lowest BCUT2D eigenvalue weighted by atomic mass is 10.1. The summed E-state index contributed by atoms with van der Waals surface area (Å²) in [4.78, 5) is 21.4. The summed E-state index contributed by atoms with van der Waals surface area (Å²) in [6.07, 6.45) is 0. The normalized spacial score (nSPS) is 9.56. The van der Waals surface area contributed by atoms with Crippen molar-refractivity contribution in [3.05, 3.63) is 36.9 Å². The fourth-order valence-corrected chi connectivity index (χ4v) is 1.83. The van der Waals surface area contributed by atoms with E-state index in [4.69, 9.17) is 16.9 Å². The highest BCUT2D eigenvalue weighted by molar-refractivity contribution is 14.1. The molecule has 0 saturated carbocycles. The molecule has 5 nitrogen and oxygen atoms in total. The predicted octanol–water partition coefficient (Wildman–Crippen LogP) is 2.49. The minimum Gasteiger partial charge on any atom is -0.293 e. The third kappa shape index (κ3) is 2.48. The van der Waals surface area contributed by atoms with Crippen LogP contribution in [0, 0.1) is 25.0 Å². The lowest BCUT2D eigenvalue weighted by Gasteiger charge is -2.02. The van der Waals surface area contributed by atoms with E-state index < -0.39 is 10.7 Å². The second-order valence-corrected chi connectivity index (χ2v) is 4.20. The van der Waals surface area contributed by atoms with Crippen molar-refractivity contribution in [1.29, 1.82) is 5.26 Å². The molecule has 1 aromatic carbocycles. The maximum atomic E-state index is 11.4. The van der Waals surface area contributed by atoms with Crippen LogP contribution in [0.2, 0.25) is 0 Å². The van der Waals surface area contributed by atoms with Crippen molar-refractivity contribution in [1.82, 2.24) is 0 Å². The van der Waals surface area contributed by atoms with Crippen LogP contribution >= 0.6 is 34.2 Å². The Morgan fingerprint density at radius 2 is 2.25 bits per heavy atom. The van der Waals surface area contributed by atoms with Crippen LogP contribution in [0.25, 0.3) is 0 Å². The standard InChI is InChI=1S/C9H4ClIN2O3/c10-3-9(14)6-2-7(11)5(4-12)1-8(6)13(15)16/h1-2H,3H2. The monoisotopic (exact) mass is 350 g/mol. The molecular weight excluding hydrogens is 346 g/mol. The van der Waals surface area contributed by atoms with Crippen molar-refractivity contribution < 1.29 is 9.72 Å². The smallest absolute Gasteiger partial charge is 0.281 e. The molecule has 0 aliphatic heterocycles. The largest absolute Gasteiger partial charge is 0.293 e. The van der Waals surface area contributed by atoms with Gasteiger partial charge in [0.25, 0.3) is 5.69 Å². The molecule has 82 valence electrons. The Kier molecular flexibility index (Phi) is 4.20. The molecule has 0 aliphatic rings. The van der Waals surface area contributed by atoms with E-state index in [2.05, 4.69) is 0 Å². The number of nitrogens with zero attached hydrogens (tertiary/aromatic N) is 2. The molecular formula is C9H4ClIN2O3. The van der Waals surface area contributed by atoms with E-state index in [0.717, 1.165) is 6.07 Å². The van der Waals surface area contributed by atoms with Gasteiger partial charge in [-0.2, -0.15) is 5.26 Å². The minimum absolute atomic E-state index is 0.0663. The zero-order valence-corrected chi connectivity index (χ0v) is 10.7. The van der Waals surface area contributed by atoms with Crippen molar-refractivity contribution in [3.8, 4) is 6.07 Å². The van der Waals surface area contributed by atoms with Crippen LogP contribution < -0.4 is 0 Å². The van der Waals surface area contributed by atoms with Crippen molar-refractivity contribution in [3.63, 3.8) is 0 Å². The van der Waals surface area contributed by atoms with Gasteiger partial charge in [-0.25, -0.2) is 0 Å².